The van der Waals surface area contributed by atoms with Crippen molar-refractivity contribution in [3.8, 4) is 0 Å². The van der Waals surface area contributed by atoms with Gasteiger partial charge >= 0.3 is 19.8 Å². The number of carbonyl (C=O) groups excluding carboxylic acids is 3. The van der Waals surface area contributed by atoms with Gasteiger partial charge < -0.3 is 33.5 Å². The molecule has 1 aromatic rings. The van der Waals surface area contributed by atoms with Crippen LogP contribution >= 0.6 is 7.82 Å². The van der Waals surface area contributed by atoms with E-state index in [0.717, 1.165) is 88.6 Å². The van der Waals surface area contributed by atoms with Crippen molar-refractivity contribution in [2.24, 2.45) is 11.8 Å². The Morgan fingerprint density at radius 3 is 1.94 bits per heavy atom. The number of rotatable bonds is 38. The summed E-state index contributed by atoms with van der Waals surface area (Å²) < 4.78 is 40.7. The fraction of sp³-hybridized carbons (Fsp3) is 0.820. The molecular formula is C50H89NO12P+. The predicted molar refractivity (Wildman–Crippen MR) is 252 cm³/mol. The van der Waals surface area contributed by atoms with Gasteiger partial charge in [-0.2, -0.15) is 0 Å². The van der Waals surface area contributed by atoms with Gasteiger partial charge in [0.2, 0.25) is 0 Å². The van der Waals surface area contributed by atoms with Crippen LogP contribution in [0.25, 0.3) is 0 Å². The van der Waals surface area contributed by atoms with E-state index in [-0.39, 0.29) is 50.1 Å². The second-order valence-electron chi connectivity index (χ2n) is 19.2. The van der Waals surface area contributed by atoms with E-state index in [1.165, 1.54) is 43.2 Å². The molecule has 0 radical (unpaired) electrons. The Hall–Kier alpha value is -2.38. The number of aryl methyl sites for hydroxylation is 2. The molecular weight excluding hydrogens is 838 g/mol. The first-order valence-corrected chi connectivity index (χ1v) is 26.4. The summed E-state index contributed by atoms with van der Waals surface area (Å²) in [6.07, 6.45) is 22.6. The summed E-state index contributed by atoms with van der Waals surface area (Å²) in [4.78, 5) is 48.5. The molecule has 6 atom stereocenters. The van der Waals surface area contributed by atoms with Gasteiger partial charge in [-0.05, 0) is 63.5 Å². The lowest BCUT2D eigenvalue weighted by Crippen LogP contribution is -2.37. The van der Waals surface area contributed by atoms with Crippen LogP contribution in [0.15, 0.2) is 16.6 Å². The number of phosphoric ester groups is 1. The maximum Gasteiger partial charge on any atom is 0.472 e. The Balaban J connectivity index is 1.72. The molecule has 0 aliphatic heterocycles. The molecule has 0 amide bonds. The van der Waals surface area contributed by atoms with Crippen LogP contribution in [0.4, 0.5) is 0 Å². The Morgan fingerprint density at radius 2 is 1.33 bits per heavy atom. The van der Waals surface area contributed by atoms with Crippen molar-refractivity contribution in [1.29, 1.82) is 0 Å². The van der Waals surface area contributed by atoms with Crippen molar-refractivity contribution in [2.75, 3.05) is 47.5 Å². The number of aliphatic hydroxyl groups excluding tert-OH is 2. The highest BCUT2D eigenvalue weighted by Gasteiger charge is 2.39. The number of furan rings is 1. The maximum atomic E-state index is 12.9. The highest BCUT2D eigenvalue weighted by Crippen LogP contribution is 2.43. The van der Waals surface area contributed by atoms with E-state index in [1.807, 2.05) is 27.2 Å². The van der Waals surface area contributed by atoms with Crippen molar-refractivity contribution < 1.29 is 61.5 Å². The van der Waals surface area contributed by atoms with E-state index in [4.69, 9.17) is 22.9 Å². The smallest absolute Gasteiger partial charge is 0.466 e. The molecule has 0 bridgehead atoms. The lowest BCUT2D eigenvalue weighted by Gasteiger charge is -2.24. The maximum absolute atomic E-state index is 12.9. The van der Waals surface area contributed by atoms with Gasteiger partial charge in [0.05, 0.1) is 40.0 Å². The number of esters is 2. The molecule has 0 saturated heterocycles. The molecule has 1 aromatic heterocycles. The zero-order chi connectivity index (χ0) is 47.4. The number of unbranched alkanes of at least 4 members (excludes halogenated alkanes) is 14. The van der Waals surface area contributed by atoms with Gasteiger partial charge in [-0.1, -0.05) is 116 Å². The molecule has 1 fully saturated rings. The third-order valence-corrected chi connectivity index (χ3v) is 13.4. The number of quaternary nitrogens is 1. The number of hydrogen-bond donors (Lipinski definition) is 3. The van der Waals surface area contributed by atoms with Crippen molar-refractivity contribution in [1.82, 2.24) is 0 Å². The predicted octanol–water partition coefficient (Wildman–Crippen LogP) is 10.4. The summed E-state index contributed by atoms with van der Waals surface area (Å²) >= 11 is 0. The molecule has 64 heavy (non-hydrogen) atoms. The average molecular weight is 927 g/mol. The van der Waals surface area contributed by atoms with Crippen LogP contribution in [0.2, 0.25) is 0 Å². The molecule has 0 aromatic carbocycles. The van der Waals surface area contributed by atoms with Crippen LogP contribution in [-0.2, 0) is 50.3 Å². The van der Waals surface area contributed by atoms with Crippen molar-refractivity contribution in [2.45, 2.75) is 207 Å². The lowest BCUT2D eigenvalue weighted by molar-refractivity contribution is -0.870. The van der Waals surface area contributed by atoms with Gasteiger partial charge in [-0.3, -0.25) is 23.4 Å². The van der Waals surface area contributed by atoms with Gasteiger partial charge in [0.15, 0.2) is 6.10 Å². The van der Waals surface area contributed by atoms with Gasteiger partial charge in [0.25, 0.3) is 0 Å². The Labute approximate surface area is 386 Å². The number of likely N-dealkylation sites (N-methyl/N-ethyl adjacent to an activating group) is 1. The monoisotopic (exact) mass is 927 g/mol. The first-order valence-electron chi connectivity index (χ1n) is 24.9. The summed E-state index contributed by atoms with van der Waals surface area (Å²) in [7, 11) is 1.31. The zero-order valence-electron chi connectivity index (χ0n) is 41.0. The summed E-state index contributed by atoms with van der Waals surface area (Å²) in [5.74, 6) is 0.787. The van der Waals surface area contributed by atoms with Crippen LogP contribution in [0.1, 0.15) is 184 Å². The third kappa shape index (κ3) is 25.5. The number of hydrogen-bond acceptors (Lipinski definition) is 11. The van der Waals surface area contributed by atoms with Gasteiger partial charge in [0.1, 0.15) is 37.1 Å². The first kappa shape index (κ1) is 57.7. The molecule has 0 spiro atoms. The van der Waals surface area contributed by atoms with E-state index < -0.39 is 44.7 Å². The average Bonchev–Trinajstić information content (AvgIpc) is 3.66. The molecule has 2 rings (SSSR count). The molecule has 1 heterocycles. The van der Waals surface area contributed by atoms with Gasteiger partial charge in [0, 0.05) is 43.9 Å². The third-order valence-electron chi connectivity index (χ3n) is 12.4. The van der Waals surface area contributed by atoms with Crippen LogP contribution < -0.4 is 0 Å². The number of ether oxygens (including phenoxy) is 2. The van der Waals surface area contributed by atoms with Crippen LogP contribution in [0, 0.1) is 25.7 Å². The minimum atomic E-state index is -4.46. The van der Waals surface area contributed by atoms with E-state index in [2.05, 4.69) is 27.7 Å². The van der Waals surface area contributed by atoms with Crippen molar-refractivity contribution in [3.05, 3.63) is 34.8 Å². The van der Waals surface area contributed by atoms with Gasteiger partial charge in [-0.15, -0.1) is 0 Å². The second-order valence-corrected chi connectivity index (χ2v) is 20.7. The lowest BCUT2D eigenvalue weighted by atomic mass is 9.88. The molecule has 1 aliphatic carbocycles. The number of nitrogens with zero attached hydrogens (tertiary/aromatic N) is 1. The molecule has 3 N–H and O–H groups in total. The first-order chi connectivity index (χ1) is 30.5. The number of Topliss-reactive ketones (excluding diaryl/α,β-unsaturated/α-hetero) is 1. The molecule has 370 valence electrons. The van der Waals surface area contributed by atoms with Crippen LogP contribution in [0.3, 0.4) is 0 Å². The fourth-order valence-electron chi connectivity index (χ4n) is 8.15. The number of phosphoric acid groups is 1. The fourth-order valence-corrected chi connectivity index (χ4v) is 8.89. The van der Waals surface area contributed by atoms with Gasteiger partial charge in [-0.25, -0.2) is 4.57 Å². The van der Waals surface area contributed by atoms with Crippen molar-refractivity contribution in [3.63, 3.8) is 0 Å². The summed E-state index contributed by atoms with van der Waals surface area (Å²) in [5.41, 5.74) is 2.63. The van der Waals surface area contributed by atoms with E-state index >= 15 is 0 Å². The van der Waals surface area contributed by atoms with Crippen LogP contribution in [0.5, 0.6) is 0 Å². The van der Waals surface area contributed by atoms with Crippen LogP contribution in [-0.4, -0.2) is 103 Å². The number of aliphatic hydroxyl groups is 2. The molecule has 1 saturated carbocycles. The second kappa shape index (κ2) is 32.3. The summed E-state index contributed by atoms with van der Waals surface area (Å²) in [5, 5.41) is 20.8. The standard InChI is InChI=1S/C50H88NO12P/c1-8-10-20-26-41(52)32-33-44-43(45(53)36-46(44)54)27-22-18-19-25-31-50(56)62-42(38-61-64(57,58)60-35-34-51(5,6)7)37-59-49(55)30-24-17-15-13-12-14-16-23-29-48-40(4)39(3)47(63-48)28-21-11-9-2/h32-33,41-44,46,52,54H,8-31,34-38H2,1-7H3/p+1/b33-32+/t41-,42+,43+,44+,46+/m0/s1. The zero-order valence-corrected chi connectivity index (χ0v) is 41.9. The largest absolute Gasteiger partial charge is 0.472 e. The highest BCUT2D eigenvalue weighted by atomic mass is 31.2. The minimum absolute atomic E-state index is 0.0168. The normalized spacial score (nSPS) is 18.7. The molecule has 13 nitrogen and oxygen atoms in total. The minimum Gasteiger partial charge on any atom is -0.466 e. The number of ketones is 1. The molecule has 1 unspecified atom stereocenters. The quantitative estimate of drug-likeness (QED) is 0.0188. The SMILES string of the molecule is CCCCCc1oc(CCCCCCCCCCC(=O)OC[C@H](COP(=O)(O)OCC[N+](C)(C)C)OC(=O)CCCCCC[C@H]2C(=O)C[C@@H](O)[C@@H]2/C=C/[C@@H](O)CCCCC)c(C)c1C. The molecule has 14 heteroatoms. The summed E-state index contributed by atoms with van der Waals surface area (Å²) in [6.45, 7) is 8.35. The Morgan fingerprint density at radius 1 is 0.781 bits per heavy atom. The summed E-state index contributed by atoms with van der Waals surface area (Å²) in [6, 6.07) is 0. The Bertz CT molecular complexity index is 1540. The topological polar surface area (TPSA) is 179 Å². The number of carbonyl (C=O) groups is 3. The molecule has 1 aliphatic rings. The Kier molecular flexibility index (Phi) is 29.2. The van der Waals surface area contributed by atoms with E-state index in [1.54, 1.807) is 6.08 Å². The van der Waals surface area contributed by atoms with E-state index in [9.17, 15) is 34.1 Å². The highest BCUT2D eigenvalue weighted by molar-refractivity contribution is 7.47. The van der Waals surface area contributed by atoms with E-state index in [0.29, 0.717) is 43.1 Å². The van der Waals surface area contributed by atoms with Crippen molar-refractivity contribution >= 4 is 25.5 Å².